The zero-order valence-electron chi connectivity index (χ0n) is 15.8. The largest absolute Gasteiger partial charge is 0.294 e. The molecule has 152 valence electrons. The fourth-order valence-corrected chi connectivity index (χ4v) is 4.22. The molecule has 1 aliphatic carbocycles. The first-order chi connectivity index (χ1) is 14.4. The second kappa shape index (κ2) is 7.51. The molecule has 1 amide bonds. The van der Waals surface area contributed by atoms with Crippen molar-refractivity contribution >= 4 is 28.8 Å². The Labute approximate surface area is 170 Å². The molecule has 30 heavy (non-hydrogen) atoms. The maximum Gasteiger partial charge on any atom is 0.293 e. The Morgan fingerprint density at radius 3 is 2.43 bits per heavy atom. The van der Waals surface area contributed by atoms with E-state index in [9.17, 15) is 29.8 Å². The Hall–Kier alpha value is -3.88. The summed E-state index contributed by atoms with van der Waals surface area (Å²) in [5.41, 5.74) is 1.18. The lowest BCUT2D eigenvalue weighted by molar-refractivity contribution is -0.384. The van der Waals surface area contributed by atoms with E-state index in [2.05, 4.69) is 0 Å². The van der Waals surface area contributed by atoms with Crippen molar-refractivity contribution in [3.8, 4) is 0 Å². The van der Waals surface area contributed by atoms with E-state index in [0.29, 0.717) is 36.1 Å². The zero-order chi connectivity index (χ0) is 21.4. The predicted molar refractivity (Wildman–Crippen MR) is 107 cm³/mol. The quantitative estimate of drug-likeness (QED) is 0.557. The summed E-state index contributed by atoms with van der Waals surface area (Å²) in [5, 5.41) is 22.7. The normalized spacial score (nSPS) is 18.9. The van der Waals surface area contributed by atoms with E-state index in [0.717, 1.165) is 0 Å². The van der Waals surface area contributed by atoms with Crippen molar-refractivity contribution in [2.75, 3.05) is 4.90 Å². The number of carbonyl (C=O) groups excluding carboxylic acids is 2. The topological polar surface area (TPSA) is 124 Å². The Morgan fingerprint density at radius 1 is 0.933 bits per heavy atom. The minimum atomic E-state index is -0.612. The summed E-state index contributed by atoms with van der Waals surface area (Å²) < 4.78 is 0. The van der Waals surface area contributed by atoms with Crippen molar-refractivity contribution in [2.24, 2.45) is 0 Å². The molecule has 0 spiro atoms. The number of hydrogen-bond acceptors (Lipinski definition) is 6. The summed E-state index contributed by atoms with van der Waals surface area (Å²) in [6, 6.07) is 11.9. The number of benzene rings is 2. The first-order valence-corrected chi connectivity index (χ1v) is 9.45. The lowest BCUT2D eigenvalue weighted by Gasteiger charge is -2.38. The van der Waals surface area contributed by atoms with Crippen molar-refractivity contribution in [2.45, 2.75) is 31.6 Å². The molecule has 0 radical (unpaired) electrons. The second-order valence-electron chi connectivity index (χ2n) is 7.22. The second-order valence-corrected chi connectivity index (χ2v) is 7.22. The van der Waals surface area contributed by atoms with Crippen LogP contribution in [0.1, 0.15) is 37.2 Å². The van der Waals surface area contributed by atoms with Crippen LogP contribution in [0.5, 0.6) is 0 Å². The smallest absolute Gasteiger partial charge is 0.293 e. The minimum Gasteiger partial charge on any atom is -0.294 e. The van der Waals surface area contributed by atoms with Gasteiger partial charge in [-0.15, -0.1) is 0 Å². The van der Waals surface area contributed by atoms with E-state index in [-0.39, 0.29) is 35.2 Å². The number of para-hydroxylation sites is 2. The molecule has 1 heterocycles. The van der Waals surface area contributed by atoms with Crippen LogP contribution in [0.25, 0.3) is 0 Å². The molecule has 1 unspecified atom stereocenters. The van der Waals surface area contributed by atoms with E-state index in [1.807, 2.05) is 0 Å². The number of amides is 1. The molecule has 9 nitrogen and oxygen atoms in total. The first-order valence-electron chi connectivity index (χ1n) is 9.45. The van der Waals surface area contributed by atoms with Gasteiger partial charge in [-0.05, 0) is 24.5 Å². The summed E-state index contributed by atoms with van der Waals surface area (Å²) in [6.45, 7) is 0. The van der Waals surface area contributed by atoms with Gasteiger partial charge in [-0.2, -0.15) is 0 Å². The maximum absolute atomic E-state index is 13.2. The molecular weight excluding hydrogens is 390 g/mol. The van der Waals surface area contributed by atoms with Gasteiger partial charge in [0.25, 0.3) is 11.4 Å². The lowest BCUT2D eigenvalue weighted by atomic mass is 9.77. The Bertz CT molecular complexity index is 1120. The Kier molecular flexibility index (Phi) is 4.86. The maximum atomic E-state index is 13.2. The van der Waals surface area contributed by atoms with Crippen LogP contribution in [-0.2, 0) is 9.59 Å². The average Bonchev–Trinajstić information content (AvgIpc) is 2.73. The third-order valence-electron chi connectivity index (χ3n) is 5.48. The Balaban J connectivity index is 1.89. The molecule has 0 saturated heterocycles. The number of anilines is 1. The van der Waals surface area contributed by atoms with Gasteiger partial charge in [0.15, 0.2) is 5.78 Å². The van der Waals surface area contributed by atoms with Gasteiger partial charge in [-0.1, -0.05) is 24.3 Å². The van der Waals surface area contributed by atoms with Gasteiger partial charge in [-0.3, -0.25) is 34.7 Å². The van der Waals surface area contributed by atoms with Crippen LogP contribution in [0.3, 0.4) is 0 Å². The molecule has 0 N–H and O–H groups in total. The van der Waals surface area contributed by atoms with Crippen LogP contribution >= 0.6 is 0 Å². The van der Waals surface area contributed by atoms with Gasteiger partial charge >= 0.3 is 0 Å². The summed E-state index contributed by atoms with van der Waals surface area (Å²) in [5.74, 6) is -1.13. The number of allylic oxidation sites excluding steroid dienone is 2. The first kappa shape index (κ1) is 19.4. The van der Waals surface area contributed by atoms with Crippen LogP contribution in [0.15, 0.2) is 59.8 Å². The van der Waals surface area contributed by atoms with E-state index in [4.69, 9.17) is 0 Å². The van der Waals surface area contributed by atoms with Crippen molar-refractivity contribution in [1.29, 1.82) is 0 Å². The molecular formula is C21H17N3O6. The van der Waals surface area contributed by atoms with Crippen molar-refractivity contribution in [1.82, 2.24) is 0 Å². The lowest BCUT2D eigenvalue weighted by Crippen LogP contribution is -2.40. The van der Waals surface area contributed by atoms with Crippen LogP contribution in [0.2, 0.25) is 0 Å². The highest BCUT2D eigenvalue weighted by atomic mass is 16.6. The standard InChI is InChI=1S/C21H17N3O6/c25-19-10-4-9-18-21(19)15(13-5-3-6-14(11-13)23(27)28)12-20(26)22(18)16-7-1-2-8-17(16)24(29)30/h1-3,5-8,11,15H,4,9-10,12H2. The average molecular weight is 407 g/mol. The predicted octanol–water partition coefficient (Wildman–Crippen LogP) is 4.03. The monoisotopic (exact) mass is 407 g/mol. The molecule has 2 aliphatic rings. The number of rotatable bonds is 4. The van der Waals surface area contributed by atoms with E-state index >= 15 is 0 Å². The molecule has 0 bridgehead atoms. The fraction of sp³-hybridized carbons (Fsp3) is 0.238. The van der Waals surface area contributed by atoms with Gasteiger partial charge in [0.1, 0.15) is 5.69 Å². The number of nitro groups is 2. The zero-order valence-corrected chi connectivity index (χ0v) is 15.8. The molecule has 1 atom stereocenters. The van der Waals surface area contributed by atoms with E-state index in [1.165, 1.54) is 41.3 Å². The molecule has 0 aromatic heterocycles. The number of ketones is 1. The van der Waals surface area contributed by atoms with Crippen LogP contribution in [0, 0.1) is 20.2 Å². The molecule has 4 rings (SSSR count). The number of hydrogen-bond donors (Lipinski definition) is 0. The van der Waals surface area contributed by atoms with E-state index in [1.54, 1.807) is 12.1 Å². The minimum absolute atomic E-state index is 0.0994. The van der Waals surface area contributed by atoms with Crippen molar-refractivity contribution in [3.05, 3.63) is 85.6 Å². The van der Waals surface area contributed by atoms with Gasteiger partial charge in [0, 0.05) is 48.2 Å². The summed E-state index contributed by atoms with van der Waals surface area (Å²) in [7, 11) is 0. The Morgan fingerprint density at radius 2 is 1.70 bits per heavy atom. The third kappa shape index (κ3) is 3.24. The van der Waals surface area contributed by atoms with Crippen LogP contribution < -0.4 is 4.90 Å². The van der Waals surface area contributed by atoms with Gasteiger partial charge < -0.3 is 0 Å². The highest BCUT2D eigenvalue weighted by Crippen LogP contribution is 2.45. The highest BCUT2D eigenvalue weighted by molar-refractivity contribution is 6.08. The summed E-state index contributed by atoms with van der Waals surface area (Å²) in [6.07, 6.45) is 1.16. The molecule has 0 saturated carbocycles. The number of non-ortho nitro benzene ring substituents is 1. The van der Waals surface area contributed by atoms with Gasteiger partial charge in [0.2, 0.25) is 5.91 Å². The molecule has 2 aromatic rings. The van der Waals surface area contributed by atoms with Crippen molar-refractivity contribution < 1.29 is 19.4 Å². The van der Waals surface area contributed by atoms with Gasteiger partial charge in [0.05, 0.1) is 9.85 Å². The number of nitro benzene ring substituents is 2. The highest BCUT2D eigenvalue weighted by Gasteiger charge is 2.41. The number of Topliss-reactive ketones (excluding diaryl/α,β-unsaturated/α-hetero) is 1. The van der Waals surface area contributed by atoms with E-state index < -0.39 is 15.8 Å². The van der Waals surface area contributed by atoms with Crippen LogP contribution in [0.4, 0.5) is 17.1 Å². The van der Waals surface area contributed by atoms with Gasteiger partial charge in [-0.25, -0.2) is 0 Å². The third-order valence-corrected chi connectivity index (χ3v) is 5.48. The SMILES string of the molecule is O=C1CCCC2=C1C(c1cccc([N+](=O)[O-])c1)CC(=O)N2c1ccccc1[N+](=O)[O-]. The molecule has 9 heteroatoms. The number of nitrogens with zero attached hydrogens (tertiary/aromatic N) is 3. The van der Waals surface area contributed by atoms with Crippen molar-refractivity contribution in [3.63, 3.8) is 0 Å². The van der Waals surface area contributed by atoms with Crippen LogP contribution in [-0.4, -0.2) is 21.5 Å². The number of carbonyl (C=O) groups is 2. The summed E-state index contributed by atoms with van der Waals surface area (Å²) >= 11 is 0. The fourth-order valence-electron chi connectivity index (χ4n) is 4.22. The molecule has 2 aromatic carbocycles. The summed E-state index contributed by atoms with van der Waals surface area (Å²) in [4.78, 5) is 48.9. The molecule has 1 aliphatic heterocycles. The molecule has 0 fully saturated rings.